The van der Waals surface area contributed by atoms with Crippen LogP contribution in [0.25, 0.3) is 0 Å². The summed E-state index contributed by atoms with van der Waals surface area (Å²) < 4.78 is 40.2. The van der Waals surface area contributed by atoms with Crippen LogP contribution in [0.1, 0.15) is 6.92 Å². The minimum Gasteiger partial charge on any atom is -0.465 e. The molecule has 0 heterocycles. The van der Waals surface area contributed by atoms with Gasteiger partial charge in [0.1, 0.15) is 10.9 Å². The van der Waals surface area contributed by atoms with E-state index in [1.165, 1.54) is 6.92 Å². The number of hydrogen-bond donors (Lipinski definition) is 1. The predicted molar refractivity (Wildman–Crippen MR) is 43.4 cm³/mol. The van der Waals surface area contributed by atoms with Gasteiger partial charge in [0.25, 0.3) is 0 Å². The van der Waals surface area contributed by atoms with Crippen LogP contribution in [0.2, 0.25) is 0 Å². The number of halogens is 4. The SMILES string of the molecule is CCOC(=O)[C@@H](Br)[C@@H](N)C(F)(F)F. The monoisotopic (exact) mass is 263 g/mol. The first-order chi connectivity index (χ1) is 5.80. The molecule has 0 saturated carbocycles. The summed E-state index contributed by atoms with van der Waals surface area (Å²) in [4.78, 5) is 9.23. The van der Waals surface area contributed by atoms with Crippen molar-refractivity contribution in [2.45, 2.75) is 24.0 Å². The molecule has 0 amide bonds. The molecule has 0 spiro atoms. The number of carbonyl (C=O) groups excluding carboxylic acids is 1. The molecule has 0 rings (SSSR count). The summed E-state index contributed by atoms with van der Waals surface area (Å²) in [5.41, 5.74) is 4.75. The summed E-state index contributed by atoms with van der Waals surface area (Å²) in [6.45, 7) is 1.52. The topological polar surface area (TPSA) is 52.3 Å². The van der Waals surface area contributed by atoms with Crippen molar-refractivity contribution < 1.29 is 22.7 Å². The second kappa shape index (κ2) is 4.80. The van der Waals surface area contributed by atoms with Crippen LogP contribution >= 0.6 is 15.9 Å². The van der Waals surface area contributed by atoms with Crippen molar-refractivity contribution in [2.24, 2.45) is 5.73 Å². The second-order valence-electron chi connectivity index (χ2n) is 2.22. The van der Waals surface area contributed by atoms with Crippen LogP contribution in [-0.2, 0) is 9.53 Å². The van der Waals surface area contributed by atoms with E-state index >= 15 is 0 Å². The number of ether oxygens (including phenoxy) is 1. The van der Waals surface area contributed by atoms with E-state index in [2.05, 4.69) is 20.7 Å². The van der Waals surface area contributed by atoms with Crippen molar-refractivity contribution in [1.82, 2.24) is 0 Å². The fourth-order valence-corrected chi connectivity index (χ4v) is 0.966. The lowest BCUT2D eigenvalue weighted by atomic mass is 10.2. The number of nitrogens with two attached hydrogens (primary N) is 1. The fraction of sp³-hybridized carbons (Fsp3) is 0.833. The van der Waals surface area contributed by atoms with Gasteiger partial charge in [-0.15, -0.1) is 0 Å². The highest BCUT2D eigenvalue weighted by Crippen LogP contribution is 2.24. The molecule has 2 atom stereocenters. The number of hydrogen-bond acceptors (Lipinski definition) is 3. The van der Waals surface area contributed by atoms with Crippen LogP contribution in [0.4, 0.5) is 13.2 Å². The van der Waals surface area contributed by atoms with Crippen molar-refractivity contribution in [3.63, 3.8) is 0 Å². The maximum Gasteiger partial charge on any atom is 0.405 e. The Labute approximate surface area is 81.5 Å². The normalized spacial score (nSPS) is 16.5. The Hall–Kier alpha value is -0.300. The van der Waals surface area contributed by atoms with Crippen molar-refractivity contribution >= 4 is 21.9 Å². The smallest absolute Gasteiger partial charge is 0.405 e. The van der Waals surface area contributed by atoms with E-state index in [1.807, 2.05) is 0 Å². The zero-order valence-electron chi connectivity index (χ0n) is 6.77. The summed E-state index contributed by atoms with van der Waals surface area (Å²) in [7, 11) is 0. The Balaban J connectivity index is 4.25. The van der Waals surface area contributed by atoms with Crippen molar-refractivity contribution in [2.75, 3.05) is 6.61 Å². The minimum absolute atomic E-state index is 0.0194. The van der Waals surface area contributed by atoms with Crippen LogP contribution in [0.15, 0.2) is 0 Å². The molecule has 2 N–H and O–H groups in total. The Morgan fingerprint density at radius 3 is 2.38 bits per heavy atom. The Bertz CT molecular complexity index is 185. The van der Waals surface area contributed by atoms with Crippen molar-refractivity contribution in [3.8, 4) is 0 Å². The highest BCUT2D eigenvalue weighted by molar-refractivity contribution is 9.10. The van der Waals surface area contributed by atoms with E-state index in [9.17, 15) is 18.0 Å². The molecule has 3 nitrogen and oxygen atoms in total. The van der Waals surface area contributed by atoms with E-state index in [0.717, 1.165) is 0 Å². The van der Waals surface area contributed by atoms with Crippen LogP contribution in [-0.4, -0.2) is 29.6 Å². The Morgan fingerprint density at radius 1 is 1.62 bits per heavy atom. The number of rotatable bonds is 3. The van der Waals surface area contributed by atoms with Crippen molar-refractivity contribution in [1.29, 1.82) is 0 Å². The van der Waals surface area contributed by atoms with E-state index < -0.39 is 23.0 Å². The molecular weight excluding hydrogens is 255 g/mol. The summed E-state index contributed by atoms with van der Waals surface area (Å²) in [5, 5.41) is 0. The van der Waals surface area contributed by atoms with Gasteiger partial charge in [0, 0.05) is 0 Å². The molecule has 0 aromatic rings. The van der Waals surface area contributed by atoms with E-state index in [1.54, 1.807) is 0 Å². The molecule has 78 valence electrons. The summed E-state index contributed by atoms with van der Waals surface area (Å²) in [6.07, 6.45) is -4.61. The van der Waals surface area contributed by atoms with Gasteiger partial charge < -0.3 is 10.5 Å². The molecule has 0 aliphatic carbocycles. The minimum atomic E-state index is -4.61. The largest absolute Gasteiger partial charge is 0.465 e. The summed E-state index contributed by atoms with van der Waals surface area (Å²) in [5.74, 6) is -1.01. The second-order valence-corrected chi connectivity index (χ2v) is 3.21. The number of alkyl halides is 4. The molecule has 0 aromatic heterocycles. The molecule has 0 radical (unpaired) electrons. The molecular formula is C6H9BrF3NO2. The average Bonchev–Trinajstić information content (AvgIpc) is 2.00. The standard InChI is InChI=1S/C6H9BrF3NO2/c1-2-13-5(12)3(7)4(11)6(8,9)10/h3-4H,2,11H2,1H3/t3-,4+/m0/s1. The molecule has 13 heavy (non-hydrogen) atoms. The lowest BCUT2D eigenvalue weighted by Gasteiger charge is -2.19. The highest BCUT2D eigenvalue weighted by atomic mass is 79.9. The van der Waals surface area contributed by atoms with Gasteiger partial charge >= 0.3 is 12.1 Å². The van der Waals surface area contributed by atoms with E-state index in [-0.39, 0.29) is 6.61 Å². The van der Waals surface area contributed by atoms with Crippen LogP contribution in [0.3, 0.4) is 0 Å². The quantitative estimate of drug-likeness (QED) is 0.615. The van der Waals surface area contributed by atoms with Gasteiger partial charge in [-0.1, -0.05) is 15.9 Å². The first kappa shape index (κ1) is 12.7. The molecule has 0 fully saturated rings. The van der Waals surface area contributed by atoms with Gasteiger partial charge in [0.15, 0.2) is 0 Å². The third kappa shape index (κ3) is 3.95. The lowest BCUT2D eigenvalue weighted by Crippen LogP contribution is -2.48. The molecule has 0 saturated heterocycles. The van der Waals surface area contributed by atoms with Gasteiger partial charge in [-0.3, -0.25) is 4.79 Å². The third-order valence-corrected chi connectivity index (χ3v) is 2.15. The fourth-order valence-electron chi connectivity index (χ4n) is 0.534. The van der Waals surface area contributed by atoms with E-state index in [4.69, 9.17) is 5.73 Å². The Morgan fingerprint density at radius 2 is 2.08 bits per heavy atom. The number of esters is 1. The van der Waals surface area contributed by atoms with Gasteiger partial charge in [-0.05, 0) is 6.92 Å². The molecule has 0 aliphatic rings. The van der Waals surface area contributed by atoms with Gasteiger partial charge in [-0.25, -0.2) is 0 Å². The van der Waals surface area contributed by atoms with Crippen LogP contribution in [0.5, 0.6) is 0 Å². The summed E-state index contributed by atoms with van der Waals surface area (Å²) in [6, 6.07) is -2.24. The summed E-state index contributed by atoms with van der Waals surface area (Å²) >= 11 is 2.53. The Kier molecular flexibility index (Phi) is 4.69. The maximum atomic E-state index is 11.9. The van der Waals surface area contributed by atoms with Gasteiger partial charge in [0.2, 0.25) is 0 Å². The first-order valence-electron chi connectivity index (χ1n) is 3.43. The third-order valence-electron chi connectivity index (χ3n) is 1.21. The lowest BCUT2D eigenvalue weighted by molar-refractivity contribution is -0.162. The van der Waals surface area contributed by atoms with Crippen LogP contribution < -0.4 is 5.73 Å². The van der Waals surface area contributed by atoms with E-state index in [0.29, 0.717) is 0 Å². The first-order valence-corrected chi connectivity index (χ1v) is 4.35. The maximum absolute atomic E-state index is 11.9. The number of carbonyl (C=O) groups is 1. The molecule has 0 unspecified atom stereocenters. The van der Waals surface area contributed by atoms with Gasteiger partial charge in [-0.2, -0.15) is 13.2 Å². The average molecular weight is 264 g/mol. The zero-order chi connectivity index (χ0) is 10.6. The highest BCUT2D eigenvalue weighted by Gasteiger charge is 2.44. The molecule has 0 aromatic carbocycles. The van der Waals surface area contributed by atoms with Crippen molar-refractivity contribution in [3.05, 3.63) is 0 Å². The molecule has 7 heteroatoms. The van der Waals surface area contributed by atoms with Crippen LogP contribution in [0, 0.1) is 0 Å². The predicted octanol–water partition coefficient (Wildman–Crippen LogP) is 1.20. The molecule has 0 bridgehead atoms. The zero-order valence-corrected chi connectivity index (χ0v) is 8.35. The molecule has 0 aliphatic heterocycles. The van der Waals surface area contributed by atoms with Gasteiger partial charge in [0.05, 0.1) is 6.61 Å².